The third-order valence-electron chi connectivity index (χ3n) is 1.87. The third kappa shape index (κ3) is 3.86. The maximum atomic E-state index is 13.5. The normalized spacial score (nSPS) is 11.2. The Morgan fingerprint density at radius 3 is 2.39 bits per heavy atom. The van der Waals surface area contributed by atoms with Crippen LogP contribution in [0.5, 0.6) is 5.75 Å². The van der Waals surface area contributed by atoms with Crippen LogP contribution in [0.4, 0.5) is 22.0 Å². The van der Waals surface area contributed by atoms with Gasteiger partial charge < -0.3 is 9.47 Å². The lowest BCUT2D eigenvalue weighted by atomic mass is 10.1. The largest absolute Gasteiger partial charge is 0.573 e. The van der Waals surface area contributed by atoms with Gasteiger partial charge in [-0.05, 0) is 6.07 Å². The van der Waals surface area contributed by atoms with E-state index in [2.05, 4.69) is 9.47 Å². The summed E-state index contributed by atoms with van der Waals surface area (Å²) in [6, 6.07) is 0.832. The molecule has 0 amide bonds. The summed E-state index contributed by atoms with van der Waals surface area (Å²) in [5.74, 6) is -4.87. The van der Waals surface area contributed by atoms with E-state index in [1.54, 1.807) is 0 Å². The van der Waals surface area contributed by atoms with Gasteiger partial charge in [-0.1, -0.05) is 0 Å². The van der Waals surface area contributed by atoms with Crippen molar-refractivity contribution in [2.75, 3.05) is 7.11 Å². The molecule has 0 spiro atoms. The van der Waals surface area contributed by atoms with Crippen LogP contribution >= 0.6 is 0 Å². The van der Waals surface area contributed by atoms with Crippen LogP contribution in [0.1, 0.15) is 5.56 Å². The summed E-state index contributed by atoms with van der Waals surface area (Å²) in [7, 11) is 1.01. The molecule has 18 heavy (non-hydrogen) atoms. The number of alkyl halides is 3. The molecule has 0 heterocycles. The molecule has 0 bridgehead atoms. The van der Waals surface area contributed by atoms with Crippen molar-refractivity contribution in [2.24, 2.45) is 0 Å². The fourth-order valence-corrected chi connectivity index (χ4v) is 1.17. The van der Waals surface area contributed by atoms with Crippen molar-refractivity contribution < 1.29 is 36.2 Å². The van der Waals surface area contributed by atoms with Crippen molar-refractivity contribution in [3.63, 3.8) is 0 Å². The van der Waals surface area contributed by atoms with Gasteiger partial charge in [0.25, 0.3) is 0 Å². The van der Waals surface area contributed by atoms with Crippen LogP contribution in [0, 0.1) is 11.6 Å². The quantitative estimate of drug-likeness (QED) is 0.625. The Balaban J connectivity index is 3.10. The Hall–Kier alpha value is -1.86. The highest BCUT2D eigenvalue weighted by molar-refractivity contribution is 5.72. The van der Waals surface area contributed by atoms with E-state index in [-0.39, 0.29) is 6.07 Å². The molecule has 0 fully saturated rings. The van der Waals surface area contributed by atoms with Gasteiger partial charge in [0.15, 0.2) is 11.6 Å². The first-order chi connectivity index (χ1) is 8.23. The highest BCUT2D eigenvalue weighted by atomic mass is 19.4. The molecule has 1 aromatic rings. The van der Waals surface area contributed by atoms with Crippen LogP contribution in [0.15, 0.2) is 12.1 Å². The minimum Gasteiger partial charge on any atom is -0.469 e. The molecular formula is C10H7F5O3. The number of benzene rings is 1. The molecule has 0 aliphatic heterocycles. The van der Waals surface area contributed by atoms with Crippen molar-refractivity contribution in [1.82, 2.24) is 0 Å². The van der Waals surface area contributed by atoms with Crippen LogP contribution in [0.3, 0.4) is 0 Å². The zero-order chi connectivity index (χ0) is 13.9. The SMILES string of the molecule is COC(=O)Cc1cc(F)cc(OC(F)(F)F)c1F. The Bertz CT molecular complexity index is 456. The van der Waals surface area contributed by atoms with E-state index in [9.17, 15) is 26.7 Å². The third-order valence-corrected chi connectivity index (χ3v) is 1.87. The molecule has 0 radical (unpaired) electrons. The average Bonchev–Trinajstić information content (AvgIpc) is 2.22. The Morgan fingerprint density at radius 2 is 1.89 bits per heavy atom. The van der Waals surface area contributed by atoms with Gasteiger partial charge in [0.1, 0.15) is 5.82 Å². The van der Waals surface area contributed by atoms with E-state index in [4.69, 9.17) is 0 Å². The second kappa shape index (κ2) is 5.19. The zero-order valence-electron chi connectivity index (χ0n) is 8.98. The maximum Gasteiger partial charge on any atom is 0.573 e. The van der Waals surface area contributed by atoms with Gasteiger partial charge in [-0.2, -0.15) is 0 Å². The summed E-state index contributed by atoms with van der Waals surface area (Å²) in [5, 5.41) is 0. The average molecular weight is 270 g/mol. The van der Waals surface area contributed by atoms with Crippen molar-refractivity contribution in [3.05, 3.63) is 29.3 Å². The summed E-state index contributed by atoms with van der Waals surface area (Å²) in [4.78, 5) is 10.9. The van der Waals surface area contributed by atoms with E-state index < -0.39 is 41.7 Å². The molecule has 100 valence electrons. The molecule has 0 aliphatic carbocycles. The highest BCUT2D eigenvalue weighted by Crippen LogP contribution is 2.28. The summed E-state index contributed by atoms with van der Waals surface area (Å²) >= 11 is 0. The Morgan fingerprint density at radius 1 is 1.28 bits per heavy atom. The van der Waals surface area contributed by atoms with Crippen LogP contribution in [-0.2, 0) is 16.0 Å². The van der Waals surface area contributed by atoms with E-state index in [1.807, 2.05) is 0 Å². The number of methoxy groups -OCH3 is 1. The van der Waals surface area contributed by atoms with Gasteiger partial charge in [0, 0.05) is 11.6 Å². The minimum absolute atomic E-state index is 0.240. The van der Waals surface area contributed by atoms with Crippen LogP contribution in [0.2, 0.25) is 0 Å². The standard InChI is InChI=1S/C10H7F5O3/c1-17-8(16)3-5-2-6(11)4-7(9(5)12)18-10(13,14)15/h2,4H,3H2,1H3. The number of rotatable bonds is 3. The molecule has 0 saturated carbocycles. The molecule has 0 unspecified atom stereocenters. The highest BCUT2D eigenvalue weighted by Gasteiger charge is 2.33. The predicted molar refractivity (Wildman–Crippen MR) is 48.8 cm³/mol. The maximum absolute atomic E-state index is 13.5. The number of halogens is 5. The van der Waals surface area contributed by atoms with Crippen molar-refractivity contribution in [2.45, 2.75) is 12.8 Å². The second-order valence-electron chi connectivity index (χ2n) is 3.18. The summed E-state index contributed by atoms with van der Waals surface area (Å²) in [6.07, 6.45) is -5.86. The molecule has 0 saturated heterocycles. The smallest absolute Gasteiger partial charge is 0.469 e. The van der Waals surface area contributed by atoms with E-state index in [1.165, 1.54) is 0 Å². The lowest BCUT2D eigenvalue weighted by Gasteiger charge is -2.11. The second-order valence-corrected chi connectivity index (χ2v) is 3.18. The van der Waals surface area contributed by atoms with Crippen LogP contribution in [-0.4, -0.2) is 19.4 Å². The van der Waals surface area contributed by atoms with E-state index in [0.29, 0.717) is 6.07 Å². The number of hydrogen-bond acceptors (Lipinski definition) is 3. The fourth-order valence-electron chi connectivity index (χ4n) is 1.17. The van der Waals surface area contributed by atoms with Gasteiger partial charge >= 0.3 is 12.3 Å². The molecule has 8 heteroatoms. The number of carbonyl (C=O) groups excluding carboxylic acids is 1. The van der Waals surface area contributed by atoms with Gasteiger partial charge in [-0.3, -0.25) is 4.79 Å². The topological polar surface area (TPSA) is 35.5 Å². The van der Waals surface area contributed by atoms with Gasteiger partial charge in [-0.15, -0.1) is 13.2 Å². The monoisotopic (exact) mass is 270 g/mol. The lowest BCUT2D eigenvalue weighted by Crippen LogP contribution is -2.19. The Labute approximate surface area is 98.1 Å². The molecular weight excluding hydrogens is 263 g/mol. The Kier molecular flexibility index (Phi) is 4.10. The number of ether oxygens (including phenoxy) is 2. The minimum atomic E-state index is -5.16. The fraction of sp³-hybridized carbons (Fsp3) is 0.300. The van der Waals surface area contributed by atoms with Crippen molar-refractivity contribution in [1.29, 1.82) is 0 Å². The molecule has 0 N–H and O–H groups in total. The first kappa shape index (κ1) is 14.2. The molecule has 0 aliphatic rings. The molecule has 3 nitrogen and oxygen atoms in total. The van der Waals surface area contributed by atoms with Gasteiger partial charge in [0.05, 0.1) is 13.5 Å². The van der Waals surface area contributed by atoms with Crippen LogP contribution < -0.4 is 4.74 Å². The lowest BCUT2D eigenvalue weighted by molar-refractivity contribution is -0.275. The van der Waals surface area contributed by atoms with E-state index >= 15 is 0 Å². The molecule has 0 atom stereocenters. The predicted octanol–water partition coefficient (Wildman–Crippen LogP) is 2.58. The number of carbonyl (C=O) groups is 1. The van der Waals surface area contributed by atoms with Crippen molar-refractivity contribution >= 4 is 5.97 Å². The van der Waals surface area contributed by atoms with Gasteiger partial charge in [-0.25, -0.2) is 8.78 Å². The number of esters is 1. The first-order valence-corrected chi connectivity index (χ1v) is 4.53. The molecule has 1 rings (SSSR count). The van der Waals surface area contributed by atoms with Gasteiger partial charge in [0.2, 0.25) is 0 Å². The molecule has 1 aromatic carbocycles. The van der Waals surface area contributed by atoms with E-state index in [0.717, 1.165) is 7.11 Å². The first-order valence-electron chi connectivity index (χ1n) is 4.53. The summed E-state index contributed by atoms with van der Waals surface area (Å²) in [6.45, 7) is 0. The van der Waals surface area contributed by atoms with Crippen LogP contribution in [0.25, 0.3) is 0 Å². The summed E-state index contributed by atoms with van der Waals surface area (Å²) < 4.78 is 69.7. The number of hydrogen-bond donors (Lipinski definition) is 0. The zero-order valence-corrected chi connectivity index (χ0v) is 8.98. The summed E-state index contributed by atoms with van der Waals surface area (Å²) in [5.41, 5.74) is -0.582. The molecule has 0 aromatic heterocycles. The van der Waals surface area contributed by atoms with Crippen molar-refractivity contribution in [3.8, 4) is 5.75 Å².